The summed E-state index contributed by atoms with van der Waals surface area (Å²) in [5.74, 6) is 0.729. The molecule has 2 aromatic carbocycles. The molecule has 21 heavy (non-hydrogen) atoms. The van der Waals surface area contributed by atoms with Gasteiger partial charge in [0.15, 0.2) is 5.75 Å². The molecular formula is C15H9BN2O3. The highest BCUT2D eigenvalue weighted by Crippen LogP contribution is 2.29. The maximum Gasteiger partial charge on any atom is 0.491 e. The van der Waals surface area contributed by atoms with Gasteiger partial charge in [-0.25, -0.2) is 0 Å². The van der Waals surface area contributed by atoms with Gasteiger partial charge < -0.3 is 14.4 Å². The van der Waals surface area contributed by atoms with E-state index in [1.165, 1.54) is 0 Å². The molecule has 5 nitrogen and oxygen atoms in total. The third kappa shape index (κ3) is 2.34. The van der Waals surface area contributed by atoms with Crippen LogP contribution in [0.1, 0.15) is 16.7 Å². The molecule has 0 spiro atoms. The molecular weight excluding hydrogens is 267 g/mol. The Hall–Kier alpha value is -2.80. The molecule has 0 aliphatic carbocycles. The molecule has 0 amide bonds. The average molecular weight is 276 g/mol. The van der Waals surface area contributed by atoms with Crippen LogP contribution < -0.4 is 10.2 Å². The number of benzene rings is 2. The lowest BCUT2D eigenvalue weighted by atomic mass is 9.80. The van der Waals surface area contributed by atoms with Crippen molar-refractivity contribution in [1.29, 1.82) is 10.5 Å². The van der Waals surface area contributed by atoms with E-state index in [1.807, 2.05) is 12.1 Å². The molecule has 0 fully saturated rings. The number of fused-ring (bicyclic) bond motifs is 1. The second-order valence-electron chi connectivity index (χ2n) is 4.53. The predicted molar refractivity (Wildman–Crippen MR) is 74.8 cm³/mol. The van der Waals surface area contributed by atoms with Gasteiger partial charge in [-0.3, -0.25) is 0 Å². The first-order chi connectivity index (χ1) is 10.2. The first-order valence-corrected chi connectivity index (χ1v) is 6.26. The molecule has 0 saturated carbocycles. The van der Waals surface area contributed by atoms with Crippen molar-refractivity contribution in [1.82, 2.24) is 0 Å². The third-order valence-corrected chi connectivity index (χ3v) is 3.25. The topological polar surface area (TPSA) is 86.3 Å². The van der Waals surface area contributed by atoms with E-state index < -0.39 is 7.12 Å². The van der Waals surface area contributed by atoms with Crippen LogP contribution in [-0.4, -0.2) is 12.1 Å². The maximum atomic E-state index is 9.58. The number of ether oxygens (including phenoxy) is 1. The van der Waals surface area contributed by atoms with Gasteiger partial charge in [-0.1, -0.05) is 12.1 Å². The monoisotopic (exact) mass is 276 g/mol. The number of rotatable bonds is 2. The van der Waals surface area contributed by atoms with E-state index in [1.54, 1.807) is 36.4 Å². The summed E-state index contributed by atoms with van der Waals surface area (Å²) in [5, 5.41) is 27.8. The molecule has 2 aromatic rings. The molecule has 0 unspecified atom stereocenters. The molecule has 0 saturated heterocycles. The van der Waals surface area contributed by atoms with Gasteiger partial charge in [-0.05, 0) is 35.3 Å². The van der Waals surface area contributed by atoms with E-state index in [0.717, 1.165) is 5.56 Å². The van der Waals surface area contributed by atoms with Gasteiger partial charge in [0.2, 0.25) is 0 Å². The highest BCUT2D eigenvalue weighted by molar-refractivity contribution is 6.61. The first kappa shape index (κ1) is 13.2. The second kappa shape index (κ2) is 5.30. The molecule has 0 bridgehead atoms. The zero-order chi connectivity index (χ0) is 14.8. The van der Waals surface area contributed by atoms with Gasteiger partial charge in [0.25, 0.3) is 0 Å². The molecule has 1 aliphatic rings. The zero-order valence-electron chi connectivity index (χ0n) is 10.9. The van der Waals surface area contributed by atoms with Gasteiger partial charge >= 0.3 is 7.12 Å². The van der Waals surface area contributed by atoms with Crippen LogP contribution in [0.3, 0.4) is 0 Å². The highest BCUT2D eigenvalue weighted by Gasteiger charge is 2.27. The minimum Gasteiger partial charge on any atom is -0.455 e. The Kier molecular flexibility index (Phi) is 3.33. The summed E-state index contributed by atoms with van der Waals surface area (Å²) in [6.45, 7) is 0.304. The lowest BCUT2D eigenvalue weighted by Crippen LogP contribution is -2.27. The fourth-order valence-corrected chi connectivity index (χ4v) is 2.21. The molecule has 1 N–H and O–H groups in total. The average Bonchev–Trinajstić information content (AvgIpc) is 2.88. The maximum absolute atomic E-state index is 9.58. The summed E-state index contributed by atoms with van der Waals surface area (Å²) in [4.78, 5) is 0. The van der Waals surface area contributed by atoms with Gasteiger partial charge in [-0.2, -0.15) is 10.5 Å². The smallest absolute Gasteiger partial charge is 0.455 e. The predicted octanol–water partition coefficient (Wildman–Crippen LogP) is 1.44. The summed E-state index contributed by atoms with van der Waals surface area (Å²) in [5.41, 5.74) is 2.13. The summed E-state index contributed by atoms with van der Waals surface area (Å²) < 4.78 is 10.8. The van der Waals surface area contributed by atoms with Crippen LogP contribution in [0.4, 0.5) is 0 Å². The van der Waals surface area contributed by atoms with Crippen LogP contribution in [0.15, 0.2) is 36.4 Å². The van der Waals surface area contributed by atoms with Crippen molar-refractivity contribution in [2.75, 3.05) is 0 Å². The largest absolute Gasteiger partial charge is 0.491 e. The van der Waals surface area contributed by atoms with Crippen molar-refractivity contribution < 1.29 is 14.4 Å². The number of hydrogen-bond acceptors (Lipinski definition) is 5. The van der Waals surface area contributed by atoms with E-state index >= 15 is 0 Å². The molecule has 6 heteroatoms. The van der Waals surface area contributed by atoms with Crippen LogP contribution in [0.5, 0.6) is 11.5 Å². The van der Waals surface area contributed by atoms with Gasteiger partial charge in [0.05, 0.1) is 17.7 Å². The Morgan fingerprint density at radius 3 is 2.52 bits per heavy atom. The second-order valence-corrected chi connectivity index (χ2v) is 4.53. The molecule has 100 valence electrons. The lowest BCUT2D eigenvalue weighted by molar-refractivity contribution is 0.275. The molecule has 0 atom stereocenters. The van der Waals surface area contributed by atoms with Crippen LogP contribution in [-0.2, 0) is 11.3 Å². The quantitative estimate of drug-likeness (QED) is 0.838. The Balaban J connectivity index is 1.99. The van der Waals surface area contributed by atoms with Gasteiger partial charge in [-0.15, -0.1) is 0 Å². The van der Waals surface area contributed by atoms with E-state index in [0.29, 0.717) is 28.9 Å². The summed E-state index contributed by atoms with van der Waals surface area (Å²) in [6.07, 6.45) is 0. The first-order valence-electron chi connectivity index (χ1n) is 6.26. The van der Waals surface area contributed by atoms with Crippen molar-refractivity contribution >= 4 is 12.6 Å². The SMILES string of the molecule is N#Cc1cccc(C#N)c1Oc1ccc2c(c1)COB2O. The van der Waals surface area contributed by atoms with Gasteiger partial charge in [0, 0.05) is 0 Å². The summed E-state index contributed by atoms with van der Waals surface area (Å²) in [7, 11) is -0.907. The van der Waals surface area contributed by atoms with Crippen molar-refractivity contribution in [3.63, 3.8) is 0 Å². The van der Waals surface area contributed by atoms with E-state index in [4.69, 9.17) is 19.9 Å². The van der Waals surface area contributed by atoms with Crippen molar-refractivity contribution in [2.24, 2.45) is 0 Å². The minimum atomic E-state index is -0.907. The molecule has 1 heterocycles. The van der Waals surface area contributed by atoms with E-state index in [2.05, 4.69) is 0 Å². The number of hydrogen-bond donors (Lipinski definition) is 1. The standard InChI is InChI=1S/C15H9BN2O3/c17-7-10-2-1-3-11(8-18)15(10)21-13-4-5-14-12(6-13)9-20-16(14)19/h1-6,19H,9H2. The van der Waals surface area contributed by atoms with Crippen molar-refractivity contribution in [3.05, 3.63) is 53.1 Å². The fraction of sp³-hybridized carbons (Fsp3) is 0.0667. The van der Waals surface area contributed by atoms with Crippen molar-refractivity contribution in [2.45, 2.75) is 6.61 Å². The van der Waals surface area contributed by atoms with E-state index in [-0.39, 0.29) is 5.75 Å². The molecule has 1 aliphatic heterocycles. The summed E-state index contributed by atoms with van der Waals surface area (Å²) in [6, 6.07) is 14.0. The molecule has 0 aromatic heterocycles. The Bertz CT molecular complexity index is 760. The van der Waals surface area contributed by atoms with Crippen LogP contribution in [0.25, 0.3) is 0 Å². The molecule has 0 radical (unpaired) electrons. The fourth-order valence-electron chi connectivity index (χ4n) is 2.21. The van der Waals surface area contributed by atoms with E-state index in [9.17, 15) is 5.02 Å². The normalized spacial score (nSPS) is 12.4. The third-order valence-electron chi connectivity index (χ3n) is 3.25. The molecule has 3 rings (SSSR count). The number of nitriles is 2. The zero-order valence-corrected chi connectivity index (χ0v) is 10.9. The highest BCUT2D eigenvalue weighted by atomic mass is 16.5. The Morgan fingerprint density at radius 1 is 1.14 bits per heavy atom. The van der Waals surface area contributed by atoms with Crippen LogP contribution in [0, 0.1) is 22.7 Å². The van der Waals surface area contributed by atoms with Crippen molar-refractivity contribution in [3.8, 4) is 23.6 Å². The number of nitrogens with zero attached hydrogens (tertiary/aromatic N) is 2. The van der Waals surface area contributed by atoms with Crippen LogP contribution in [0.2, 0.25) is 0 Å². The Labute approximate surface area is 121 Å². The van der Waals surface area contributed by atoms with Crippen LogP contribution >= 0.6 is 0 Å². The number of para-hydroxylation sites is 1. The lowest BCUT2D eigenvalue weighted by Gasteiger charge is -2.10. The minimum absolute atomic E-state index is 0.238. The Morgan fingerprint density at radius 2 is 1.86 bits per heavy atom. The summed E-state index contributed by atoms with van der Waals surface area (Å²) >= 11 is 0. The van der Waals surface area contributed by atoms with Gasteiger partial charge in [0.1, 0.15) is 17.9 Å².